The summed E-state index contributed by atoms with van der Waals surface area (Å²) in [7, 11) is 0. The van der Waals surface area contributed by atoms with E-state index in [1.54, 1.807) is 24.3 Å². The van der Waals surface area contributed by atoms with Crippen LogP contribution in [-0.2, 0) is 10.5 Å². The summed E-state index contributed by atoms with van der Waals surface area (Å²) in [6.45, 7) is 0. The third kappa shape index (κ3) is 1.37. The summed E-state index contributed by atoms with van der Waals surface area (Å²) in [6.07, 6.45) is 0. The molecule has 0 amide bonds. The molecule has 0 spiro atoms. The lowest BCUT2D eigenvalue weighted by Gasteiger charge is -2.27. The van der Waals surface area contributed by atoms with Crippen molar-refractivity contribution in [3.8, 4) is 0 Å². The van der Waals surface area contributed by atoms with E-state index in [1.165, 1.54) is 11.3 Å². The number of carbonyl (C=O) groups excluding carboxylic acids is 1. The minimum atomic E-state index is -1.84. The summed E-state index contributed by atoms with van der Waals surface area (Å²) in [5.74, 6) is -1.97. The Labute approximate surface area is 117 Å². The molecule has 0 bridgehead atoms. The molecule has 0 radical (unpaired) electrons. The van der Waals surface area contributed by atoms with Crippen LogP contribution in [0, 0.1) is 0 Å². The van der Waals surface area contributed by atoms with Crippen molar-refractivity contribution in [2.45, 2.75) is 5.79 Å². The van der Waals surface area contributed by atoms with Crippen LogP contribution in [0.5, 0.6) is 0 Å². The molecule has 1 atom stereocenters. The van der Waals surface area contributed by atoms with Gasteiger partial charge in [-0.15, -0.1) is 21.5 Å². The first kappa shape index (κ1) is 11.5. The maximum atomic E-state index is 12.2. The molecule has 1 aliphatic heterocycles. The van der Waals surface area contributed by atoms with Gasteiger partial charge in [0.25, 0.3) is 11.7 Å². The first-order chi connectivity index (χ1) is 9.70. The van der Waals surface area contributed by atoms with Gasteiger partial charge in [0.2, 0.25) is 5.78 Å². The number of ketones is 1. The average molecular weight is 284 g/mol. The number of carbonyl (C=O) groups is 1. The summed E-state index contributed by atoms with van der Waals surface area (Å²) in [6, 6.07) is 10.4. The van der Waals surface area contributed by atoms with Crippen LogP contribution in [0.25, 0.3) is 0 Å². The first-order valence-corrected chi connectivity index (χ1v) is 6.84. The minimum absolute atomic E-state index is 0.0843. The quantitative estimate of drug-likeness (QED) is 0.869. The molecule has 98 valence electrons. The highest BCUT2D eigenvalue weighted by Gasteiger charge is 2.53. The number of ether oxygens (including phenoxy) is 1. The number of hydrogen-bond donors (Lipinski definition) is 1. The van der Waals surface area contributed by atoms with E-state index in [0.29, 0.717) is 11.1 Å². The molecule has 2 heterocycles. The standard InChI is InChI=1S/C14H8N2O3S/c17-11-8-4-1-2-5-9(8)14(18)12(11)15-16-13(19-14)10-6-3-7-20-10/h1-7,18H. The third-order valence-corrected chi connectivity index (χ3v) is 4.15. The van der Waals surface area contributed by atoms with Crippen LogP contribution in [0.1, 0.15) is 20.8 Å². The maximum Gasteiger partial charge on any atom is 0.287 e. The van der Waals surface area contributed by atoms with Gasteiger partial charge in [-0.05, 0) is 11.4 Å². The fourth-order valence-electron chi connectivity index (χ4n) is 2.36. The molecular formula is C14H8N2O3S. The lowest BCUT2D eigenvalue weighted by Crippen LogP contribution is -2.41. The smallest absolute Gasteiger partial charge is 0.287 e. The molecule has 20 heavy (non-hydrogen) atoms. The molecule has 0 fully saturated rings. The zero-order valence-electron chi connectivity index (χ0n) is 10.1. The predicted octanol–water partition coefficient (Wildman–Crippen LogP) is 1.92. The monoisotopic (exact) mass is 284 g/mol. The van der Waals surface area contributed by atoms with Gasteiger partial charge in [-0.2, -0.15) is 0 Å². The van der Waals surface area contributed by atoms with E-state index in [2.05, 4.69) is 10.2 Å². The van der Waals surface area contributed by atoms with Crippen LogP contribution in [0.4, 0.5) is 0 Å². The average Bonchev–Trinajstić information content (AvgIpc) is 3.06. The Morgan fingerprint density at radius 2 is 2.00 bits per heavy atom. The zero-order chi connectivity index (χ0) is 13.7. The topological polar surface area (TPSA) is 71.2 Å². The van der Waals surface area contributed by atoms with Crippen LogP contribution >= 0.6 is 11.3 Å². The van der Waals surface area contributed by atoms with E-state index in [-0.39, 0.29) is 17.4 Å². The van der Waals surface area contributed by atoms with Crippen molar-refractivity contribution in [3.05, 3.63) is 57.8 Å². The lowest BCUT2D eigenvalue weighted by molar-refractivity contribution is -0.0911. The van der Waals surface area contributed by atoms with Crippen LogP contribution in [0.2, 0.25) is 0 Å². The highest BCUT2D eigenvalue weighted by molar-refractivity contribution is 7.12. The van der Waals surface area contributed by atoms with E-state index >= 15 is 0 Å². The number of fused-ring (bicyclic) bond motifs is 3. The molecular weight excluding hydrogens is 276 g/mol. The van der Waals surface area contributed by atoms with Crippen molar-refractivity contribution < 1.29 is 14.6 Å². The maximum absolute atomic E-state index is 12.2. The molecule has 1 aromatic heterocycles. The normalized spacial score (nSPS) is 23.6. The van der Waals surface area contributed by atoms with Gasteiger partial charge in [0.15, 0.2) is 5.71 Å². The van der Waals surface area contributed by atoms with E-state index < -0.39 is 5.79 Å². The number of nitrogens with zero attached hydrogens (tertiary/aromatic N) is 2. The van der Waals surface area contributed by atoms with Crippen molar-refractivity contribution in [3.63, 3.8) is 0 Å². The van der Waals surface area contributed by atoms with E-state index in [4.69, 9.17) is 4.74 Å². The van der Waals surface area contributed by atoms with Crippen molar-refractivity contribution in [1.29, 1.82) is 0 Å². The van der Waals surface area contributed by atoms with Crippen LogP contribution < -0.4 is 0 Å². The summed E-state index contributed by atoms with van der Waals surface area (Å²) < 4.78 is 5.60. The number of hydrogen-bond acceptors (Lipinski definition) is 6. The second-order valence-electron chi connectivity index (χ2n) is 4.45. The number of benzene rings is 1. The van der Waals surface area contributed by atoms with Crippen molar-refractivity contribution in [2.75, 3.05) is 0 Å². The molecule has 0 saturated carbocycles. The Morgan fingerprint density at radius 3 is 2.80 bits per heavy atom. The Balaban J connectivity index is 1.88. The SMILES string of the molecule is O=C1C2=NN=C(c3cccs3)OC2(O)c2ccccc21. The molecule has 1 aliphatic carbocycles. The van der Waals surface area contributed by atoms with Crippen LogP contribution in [0.3, 0.4) is 0 Å². The van der Waals surface area contributed by atoms with Crippen molar-refractivity contribution in [1.82, 2.24) is 0 Å². The van der Waals surface area contributed by atoms with E-state index in [0.717, 1.165) is 4.88 Å². The largest absolute Gasteiger partial charge is 0.432 e. The summed E-state index contributed by atoms with van der Waals surface area (Å²) in [4.78, 5) is 12.9. The number of rotatable bonds is 1. The number of thiophene rings is 1. The van der Waals surface area contributed by atoms with Gasteiger partial charge in [0.05, 0.1) is 4.88 Å². The number of aliphatic hydroxyl groups is 1. The molecule has 1 N–H and O–H groups in total. The lowest BCUT2D eigenvalue weighted by atomic mass is 10.1. The molecule has 1 unspecified atom stereocenters. The predicted molar refractivity (Wildman–Crippen MR) is 74.0 cm³/mol. The van der Waals surface area contributed by atoms with Gasteiger partial charge in [0, 0.05) is 11.1 Å². The Bertz CT molecular complexity index is 779. The second-order valence-corrected chi connectivity index (χ2v) is 5.40. The molecule has 6 heteroatoms. The molecule has 2 aliphatic rings. The fourth-order valence-corrected chi connectivity index (χ4v) is 3.00. The molecule has 2 aromatic rings. The summed E-state index contributed by atoms with van der Waals surface area (Å²) >= 11 is 1.42. The van der Waals surface area contributed by atoms with E-state index in [9.17, 15) is 9.90 Å². The second kappa shape index (κ2) is 3.84. The Hall–Kier alpha value is -2.31. The van der Waals surface area contributed by atoms with Gasteiger partial charge in [-0.3, -0.25) is 4.79 Å². The Morgan fingerprint density at radius 1 is 1.15 bits per heavy atom. The van der Waals surface area contributed by atoms with Gasteiger partial charge in [-0.25, -0.2) is 0 Å². The zero-order valence-corrected chi connectivity index (χ0v) is 10.9. The summed E-state index contributed by atoms with van der Waals surface area (Å²) in [5.41, 5.74) is 0.725. The van der Waals surface area contributed by atoms with E-state index in [1.807, 2.05) is 17.5 Å². The van der Waals surface area contributed by atoms with Gasteiger partial charge < -0.3 is 9.84 Å². The highest BCUT2D eigenvalue weighted by Crippen LogP contribution is 2.38. The molecule has 0 saturated heterocycles. The highest BCUT2D eigenvalue weighted by atomic mass is 32.1. The van der Waals surface area contributed by atoms with Crippen molar-refractivity contribution >= 4 is 28.7 Å². The summed E-state index contributed by atoms with van der Waals surface area (Å²) in [5, 5.41) is 20.4. The van der Waals surface area contributed by atoms with Gasteiger partial charge in [-0.1, -0.05) is 30.3 Å². The minimum Gasteiger partial charge on any atom is -0.432 e. The molecule has 1 aromatic carbocycles. The van der Waals surface area contributed by atoms with Crippen LogP contribution in [0.15, 0.2) is 52.0 Å². The molecule has 5 nitrogen and oxygen atoms in total. The van der Waals surface area contributed by atoms with Gasteiger partial charge in [0.1, 0.15) is 0 Å². The van der Waals surface area contributed by atoms with Gasteiger partial charge >= 0.3 is 0 Å². The molecule has 4 rings (SSSR count). The van der Waals surface area contributed by atoms with Crippen molar-refractivity contribution in [2.24, 2.45) is 10.2 Å². The number of Topliss-reactive ketones (excluding diaryl/α,β-unsaturated/α-hetero) is 1. The Kier molecular flexibility index (Phi) is 2.21. The third-order valence-electron chi connectivity index (χ3n) is 3.29. The fraction of sp³-hybridized carbons (Fsp3) is 0.0714. The van der Waals surface area contributed by atoms with Crippen LogP contribution in [-0.4, -0.2) is 22.5 Å². The first-order valence-electron chi connectivity index (χ1n) is 5.96.